The van der Waals surface area contributed by atoms with Crippen LogP contribution < -0.4 is 10.6 Å². The Hall–Kier alpha value is -2.95. The summed E-state index contributed by atoms with van der Waals surface area (Å²) in [5.41, 5.74) is 1.93. The molecule has 34 heavy (non-hydrogen) atoms. The fourth-order valence-electron chi connectivity index (χ4n) is 3.32. The van der Waals surface area contributed by atoms with Crippen LogP contribution in [0.5, 0.6) is 0 Å². The normalized spacial score (nSPS) is 14.6. The SMILES string of the molecule is CC(C)COC(=O)Nc1cccc(NC(=O)CCc2ccc(S(=O)(=O)N3CCOCC3)cc2)c1. The highest BCUT2D eigenvalue weighted by molar-refractivity contribution is 7.89. The zero-order chi connectivity index (χ0) is 24.6. The van der Waals surface area contributed by atoms with Crippen molar-refractivity contribution in [3.63, 3.8) is 0 Å². The summed E-state index contributed by atoms with van der Waals surface area (Å²) in [4.78, 5) is 24.4. The monoisotopic (exact) mass is 489 g/mol. The van der Waals surface area contributed by atoms with Crippen molar-refractivity contribution in [1.82, 2.24) is 4.31 Å². The van der Waals surface area contributed by atoms with Crippen LogP contribution in [0.15, 0.2) is 53.4 Å². The summed E-state index contributed by atoms with van der Waals surface area (Å²) in [6.45, 7) is 5.71. The third kappa shape index (κ3) is 7.54. The Labute approximate surface area is 200 Å². The molecule has 2 aromatic rings. The minimum absolute atomic E-state index is 0.190. The molecule has 0 radical (unpaired) electrons. The van der Waals surface area contributed by atoms with Crippen LogP contribution in [0.25, 0.3) is 0 Å². The van der Waals surface area contributed by atoms with E-state index in [1.54, 1.807) is 48.5 Å². The van der Waals surface area contributed by atoms with Crippen molar-refractivity contribution in [2.75, 3.05) is 43.5 Å². The van der Waals surface area contributed by atoms with Gasteiger partial charge in [-0.25, -0.2) is 13.2 Å². The largest absolute Gasteiger partial charge is 0.449 e. The number of amides is 2. The van der Waals surface area contributed by atoms with Crippen LogP contribution in [0.2, 0.25) is 0 Å². The molecule has 2 aromatic carbocycles. The Morgan fingerprint density at radius 3 is 2.32 bits per heavy atom. The van der Waals surface area contributed by atoms with Crippen molar-refractivity contribution in [2.24, 2.45) is 5.92 Å². The predicted octanol–water partition coefficient (Wildman–Crippen LogP) is 3.48. The lowest BCUT2D eigenvalue weighted by molar-refractivity contribution is -0.116. The van der Waals surface area contributed by atoms with E-state index in [1.807, 2.05) is 13.8 Å². The second-order valence-electron chi connectivity index (χ2n) is 8.41. The zero-order valence-electron chi connectivity index (χ0n) is 19.5. The molecule has 1 saturated heterocycles. The first-order chi connectivity index (χ1) is 16.2. The van der Waals surface area contributed by atoms with Crippen LogP contribution in [-0.4, -0.2) is 57.6 Å². The Morgan fingerprint density at radius 2 is 1.68 bits per heavy atom. The van der Waals surface area contributed by atoms with Gasteiger partial charge in [0.25, 0.3) is 0 Å². The number of anilines is 2. The Balaban J connectivity index is 1.50. The van der Waals surface area contributed by atoms with E-state index in [0.717, 1.165) is 5.56 Å². The Kier molecular flexibility index (Phi) is 9.03. The summed E-state index contributed by atoms with van der Waals surface area (Å²) in [5.74, 6) is 0.0475. The molecule has 2 amide bonds. The number of aryl methyl sites for hydroxylation is 1. The quantitative estimate of drug-likeness (QED) is 0.557. The molecule has 9 nitrogen and oxygen atoms in total. The highest BCUT2D eigenvalue weighted by atomic mass is 32.2. The maximum absolute atomic E-state index is 12.7. The number of sulfonamides is 1. The van der Waals surface area contributed by atoms with Crippen molar-refractivity contribution >= 4 is 33.4 Å². The van der Waals surface area contributed by atoms with Gasteiger partial charge in [0, 0.05) is 30.9 Å². The number of nitrogens with zero attached hydrogens (tertiary/aromatic N) is 1. The van der Waals surface area contributed by atoms with E-state index in [9.17, 15) is 18.0 Å². The van der Waals surface area contributed by atoms with Gasteiger partial charge in [-0.05, 0) is 48.2 Å². The molecule has 2 N–H and O–H groups in total. The molecule has 0 unspecified atom stereocenters. The van der Waals surface area contributed by atoms with E-state index in [1.165, 1.54) is 4.31 Å². The molecule has 184 valence electrons. The summed E-state index contributed by atoms with van der Waals surface area (Å²) >= 11 is 0. The molecule has 0 atom stereocenters. The lowest BCUT2D eigenvalue weighted by Gasteiger charge is -2.26. The summed E-state index contributed by atoms with van der Waals surface area (Å²) in [7, 11) is -3.54. The van der Waals surface area contributed by atoms with Crippen molar-refractivity contribution in [2.45, 2.75) is 31.6 Å². The number of hydrogen-bond donors (Lipinski definition) is 2. The molecule has 1 aliphatic rings. The molecule has 0 saturated carbocycles. The fraction of sp³-hybridized carbons (Fsp3) is 0.417. The first-order valence-electron chi connectivity index (χ1n) is 11.2. The van der Waals surface area contributed by atoms with Gasteiger partial charge >= 0.3 is 6.09 Å². The lowest BCUT2D eigenvalue weighted by Crippen LogP contribution is -2.40. The van der Waals surface area contributed by atoms with Gasteiger partial charge in [0.2, 0.25) is 15.9 Å². The molecular formula is C24H31N3O6S. The van der Waals surface area contributed by atoms with E-state index >= 15 is 0 Å². The average molecular weight is 490 g/mol. The predicted molar refractivity (Wildman–Crippen MR) is 129 cm³/mol. The number of benzene rings is 2. The molecule has 3 rings (SSSR count). The van der Waals surface area contributed by atoms with E-state index in [0.29, 0.717) is 50.7 Å². The third-order valence-corrected chi connectivity index (χ3v) is 7.03. The van der Waals surface area contributed by atoms with Crippen molar-refractivity contribution in [3.8, 4) is 0 Å². The van der Waals surface area contributed by atoms with Crippen LogP contribution in [-0.2, 0) is 30.7 Å². The van der Waals surface area contributed by atoms with Crippen molar-refractivity contribution in [3.05, 3.63) is 54.1 Å². The van der Waals surface area contributed by atoms with Crippen molar-refractivity contribution in [1.29, 1.82) is 0 Å². The molecule has 0 aliphatic carbocycles. The average Bonchev–Trinajstić information content (AvgIpc) is 2.82. The smallest absolute Gasteiger partial charge is 0.411 e. The van der Waals surface area contributed by atoms with Crippen LogP contribution in [0.3, 0.4) is 0 Å². The highest BCUT2D eigenvalue weighted by Gasteiger charge is 2.26. The van der Waals surface area contributed by atoms with Crippen molar-refractivity contribution < 1.29 is 27.5 Å². The van der Waals surface area contributed by atoms with E-state index in [2.05, 4.69) is 10.6 Å². The van der Waals surface area contributed by atoms with Gasteiger partial charge in [-0.3, -0.25) is 10.1 Å². The summed E-state index contributed by atoms with van der Waals surface area (Å²) < 4.78 is 37.1. The number of ether oxygens (including phenoxy) is 2. The first-order valence-corrected chi connectivity index (χ1v) is 12.7. The van der Waals surface area contributed by atoms with Crippen LogP contribution in [0, 0.1) is 5.92 Å². The second-order valence-corrected chi connectivity index (χ2v) is 10.3. The molecule has 1 heterocycles. The molecule has 10 heteroatoms. The molecular weight excluding hydrogens is 458 g/mol. The van der Waals surface area contributed by atoms with Gasteiger partial charge in [-0.15, -0.1) is 0 Å². The maximum Gasteiger partial charge on any atom is 0.411 e. The van der Waals surface area contributed by atoms with Crippen LogP contribution in [0.4, 0.5) is 16.2 Å². The van der Waals surface area contributed by atoms with Gasteiger partial charge in [0.05, 0.1) is 24.7 Å². The number of morpholine rings is 1. The number of carbonyl (C=O) groups is 2. The first kappa shape index (κ1) is 25.7. The Morgan fingerprint density at radius 1 is 1.03 bits per heavy atom. The summed E-state index contributed by atoms with van der Waals surface area (Å²) in [6.07, 6.45) is 0.142. The van der Waals surface area contributed by atoms with E-state index < -0.39 is 16.1 Å². The maximum atomic E-state index is 12.7. The number of nitrogens with one attached hydrogen (secondary N) is 2. The minimum atomic E-state index is -3.54. The van der Waals surface area contributed by atoms with E-state index in [-0.39, 0.29) is 23.1 Å². The Bertz CT molecular complexity index is 1080. The minimum Gasteiger partial charge on any atom is -0.449 e. The molecule has 1 aliphatic heterocycles. The topological polar surface area (TPSA) is 114 Å². The van der Waals surface area contributed by atoms with Gasteiger partial charge in [-0.1, -0.05) is 32.0 Å². The van der Waals surface area contributed by atoms with E-state index in [4.69, 9.17) is 9.47 Å². The molecule has 0 spiro atoms. The van der Waals surface area contributed by atoms with Gasteiger partial charge < -0.3 is 14.8 Å². The summed E-state index contributed by atoms with van der Waals surface area (Å²) in [5, 5.41) is 5.45. The standard InChI is InChI=1S/C24H31N3O6S/c1-18(2)17-33-24(29)26-21-5-3-4-20(16-21)25-23(28)11-8-19-6-9-22(10-7-19)34(30,31)27-12-14-32-15-13-27/h3-7,9-10,16,18H,8,11-15,17H2,1-2H3,(H,25,28)(H,26,29). The third-order valence-electron chi connectivity index (χ3n) is 5.11. The van der Waals surface area contributed by atoms with Crippen LogP contribution in [0.1, 0.15) is 25.8 Å². The van der Waals surface area contributed by atoms with Crippen LogP contribution >= 0.6 is 0 Å². The van der Waals surface area contributed by atoms with Gasteiger partial charge in [-0.2, -0.15) is 4.31 Å². The van der Waals surface area contributed by atoms with Gasteiger partial charge in [0.15, 0.2) is 0 Å². The highest BCUT2D eigenvalue weighted by Crippen LogP contribution is 2.19. The zero-order valence-corrected chi connectivity index (χ0v) is 20.3. The second kappa shape index (κ2) is 12.0. The van der Waals surface area contributed by atoms with Gasteiger partial charge in [0.1, 0.15) is 0 Å². The molecule has 0 aromatic heterocycles. The number of rotatable bonds is 9. The number of carbonyl (C=O) groups excluding carboxylic acids is 2. The molecule has 1 fully saturated rings. The number of hydrogen-bond acceptors (Lipinski definition) is 6. The fourth-order valence-corrected chi connectivity index (χ4v) is 4.72. The summed E-state index contributed by atoms with van der Waals surface area (Å²) in [6, 6.07) is 13.4. The lowest BCUT2D eigenvalue weighted by atomic mass is 10.1. The molecule has 0 bridgehead atoms.